The fourth-order valence-corrected chi connectivity index (χ4v) is 3.85. The van der Waals surface area contributed by atoms with E-state index in [2.05, 4.69) is 50.6 Å². The number of benzene rings is 1. The molecule has 1 N–H and O–H groups in total. The molecule has 1 unspecified atom stereocenters. The summed E-state index contributed by atoms with van der Waals surface area (Å²) in [5, 5.41) is 7.19. The van der Waals surface area contributed by atoms with Crippen LogP contribution in [0.25, 0.3) is 10.9 Å². The molecule has 3 rings (SSSR count). The third-order valence-electron chi connectivity index (χ3n) is 4.15. The molecule has 0 saturated carbocycles. The molecule has 0 saturated heterocycles. The van der Waals surface area contributed by atoms with Crippen LogP contribution in [0.1, 0.15) is 36.0 Å². The SMILES string of the molecule is COc1ccc2c(C)cc(C3NC(C(C)C)=CS3)nc2c1C. The lowest BCUT2D eigenvalue weighted by atomic mass is 10.0. The highest BCUT2D eigenvalue weighted by Gasteiger charge is 2.22. The quantitative estimate of drug-likeness (QED) is 0.891. The van der Waals surface area contributed by atoms with Gasteiger partial charge in [0.1, 0.15) is 11.1 Å². The van der Waals surface area contributed by atoms with Gasteiger partial charge in [0.05, 0.1) is 18.3 Å². The summed E-state index contributed by atoms with van der Waals surface area (Å²) in [4.78, 5) is 4.92. The second kappa shape index (κ2) is 5.84. The van der Waals surface area contributed by atoms with Crippen molar-refractivity contribution in [1.29, 1.82) is 0 Å². The molecule has 4 heteroatoms. The van der Waals surface area contributed by atoms with E-state index in [0.29, 0.717) is 5.92 Å². The van der Waals surface area contributed by atoms with Crippen LogP contribution in [0.2, 0.25) is 0 Å². The van der Waals surface area contributed by atoms with Crippen LogP contribution in [0, 0.1) is 19.8 Å². The molecule has 1 atom stereocenters. The van der Waals surface area contributed by atoms with Gasteiger partial charge in [0.25, 0.3) is 0 Å². The number of aryl methyl sites for hydroxylation is 2. The predicted octanol–water partition coefficient (Wildman–Crippen LogP) is 4.69. The van der Waals surface area contributed by atoms with Crippen LogP contribution in [-0.4, -0.2) is 12.1 Å². The Kier molecular flexibility index (Phi) is 4.04. The lowest BCUT2D eigenvalue weighted by Crippen LogP contribution is -2.17. The van der Waals surface area contributed by atoms with E-state index in [1.807, 2.05) is 6.07 Å². The van der Waals surface area contributed by atoms with Crippen molar-refractivity contribution < 1.29 is 4.74 Å². The zero-order valence-electron chi connectivity index (χ0n) is 13.7. The number of rotatable bonds is 3. The second-order valence-corrected chi connectivity index (χ2v) is 7.02. The minimum Gasteiger partial charge on any atom is -0.496 e. The Bertz CT molecular complexity index is 752. The van der Waals surface area contributed by atoms with Gasteiger partial charge in [0.15, 0.2) is 0 Å². The molecule has 3 nitrogen and oxygen atoms in total. The van der Waals surface area contributed by atoms with E-state index < -0.39 is 0 Å². The highest BCUT2D eigenvalue weighted by molar-refractivity contribution is 8.02. The Hall–Kier alpha value is -1.68. The van der Waals surface area contributed by atoms with Crippen molar-refractivity contribution in [1.82, 2.24) is 10.3 Å². The van der Waals surface area contributed by atoms with Gasteiger partial charge in [-0.3, -0.25) is 0 Å². The number of methoxy groups -OCH3 is 1. The highest BCUT2D eigenvalue weighted by Crippen LogP contribution is 2.37. The number of allylic oxidation sites excluding steroid dienone is 1. The van der Waals surface area contributed by atoms with E-state index >= 15 is 0 Å². The number of thioether (sulfide) groups is 1. The molecule has 0 radical (unpaired) electrons. The molecule has 1 aromatic heterocycles. The van der Waals surface area contributed by atoms with Gasteiger partial charge >= 0.3 is 0 Å². The standard InChI is InChI=1S/C18H22N2OS/c1-10(2)15-9-22-18(20-15)14-8-11(3)13-6-7-16(21-5)12(4)17(13)19-14/h6-10,18,20H,1-5H3. The Morgan fingerprint density at radius 1 is 1.27 bits per heavy atom. The summed E-state index contributed by atoms with van der Waals surface area (Å²) in [6, 6.07) is 6.31. The van der Waals surface area contributed by atoms with Crippen LogP contribution < -0.4 is 10.1 Å². The van der Waals surface area contributed by atoms with Crippen LogP contribution >= 0.6 is 11.8 Å². The van der Waals surface area contributed by atoms with Gasteiger partial charge in [0.2, 0.25) is 0 Å². The maximum absolute atomic E-state index is 5.44. The fraction of sp³-hybridized carbons (Fsp3) is 0.389. The van der Waals surface area contributed by atoms with Crippen LogP contribution in [-0.2, 0) is 0 Å². The normalized spacial score (nSPS) is 17.7. The molecule has 0 bridgehead atoms. The van der Waals surface area contributed by atoms with E-state index in [4.69, 9.17) is 9.72 Å². The zero-order valence-corrected chi connectivity index (χ0v) is 14.5. The predicted molar refractivity (Wildman–Crippen MR) is 94.2 cm³/mol. The molecule has 0 spiro atoms. The topological polar surface area (TPSA) is 34.1 Å². The average molecular weight is 314 g/mol. The highest BCUT2D eigenvalue weighted by atomic mass is 32.2. The monoisotopic (exact) mass is 314 g/mol. The number of nitrogens with one attached hydrogen (secondary N) is 1. The van der Waals surface area contributed by atoms with Crippen LogP contribution in [0.5, 0.6) is 5.75 Å². The van der Waals surface area contributed by atoms with Crippen molar-refractivity contribution in [3.05, 3.63) is 46.1 Å². The van der Waals surface area contributed by atoms with Crippen molar-refractivity contribution in [3.8, 4) is 5.75 Å². The van der Waals surface area contributed by atoms with Crippen molar-refractivity contribution in [2.24, 2.45) is 5.92 Å². The lowest BCUT2D eigenvalue weighted by Gasteiger charge is -2.17. The van der Waals surface area contributed by atoms with Gasteiger partial charge in [-0.15, -0.1) is 11.8 Å². The minimum atomic E-state index is 0.200. The van der Waals surface area contributed by atoms with Crippen molar-refractivity contribution in [2.45, 2.75) is 33.1 Å². The van der Waals surface area contributed by atoms with Gasteiger partial charge in [-0.1, -0.05) is 13.8 Å². The van der Waals surface area contributed by atoms with E-state index in [-0.39, 0.29) is 5.37 Å². The zero-order chi connectivity index (χ0) is 15.9. The number of ether oxygens (including phenoxy) is 1. The molecule has 116 valence electrons. The van der Waals surface area contributed by atoms with Crippen LogP contribution in [0.15, 0.2) is 29.3 Å². The van der Waals surface area contributed by atoms with E-state index in [9.17, 15) is 0 Å². The average Bonchev–Trinajstić information content (AvgIpc) is 2.98. The first-order valence-corrected chi connectivity index (χ1v) is 8.52. The molecule has 2 heterocycles. The first-order chi connectivity index (χ1) is 10.5. The number of aromatic nitrogens is 1. The summed E-state index contributed by atoms with van der Waals surface area (Å²) in [6.45, 7) is 8.63. The van der Waals surface area contributed by atoms with Crippen LogP contribution in [0.3, 0.4) is 0 Å². The van der Waals surface area contributed by atoms with Crippen molar-refractivity contribution in [3.63, 3.8) is 0 Å². The molecule has 1 aromatic carbocycles. The molecule has 2 aromatic rings. The molecule has 0 fully saturated rings. The third-order valence-corrected chi connectivity index (χ3v) is 5.17. The fourth-order valence-electron chi connectivity index (χ4n) is 2.77. The van der Waals surface area contributed by atoms with Crippen molar-refractivity contribution in [2.75, 3.05) is 7.11 Å². The third kappa shape index (κ3) is 2.56. The maximum atomic E-state index is 5.44. The molecule has 22 heavy (non-hydrogen) atoms. The number of pyridine rings is 1. The Morgan fingerprint density at radius 3 is 2.68 bits per heavy atom. The first-order valence-electron chi connectivity index (χ1n) is 7.58. The summed E-state index contributed by atoms with van der Waals surface area (Å²) in [7, 11) is 1.71. The van der Waals surface area contributed by atoms with Gasteiger partial charge in [-0.25, -0.2) is 4.98 Å². The second-order valence-electron chi connectivity index (χ2n) is 6.04. The largest absolute Gasteiger partial charge is 0.496 e. The van der Waals surface area contributed by atoms with E-state index in [0.717, 1.165) is 22.5 Å². The first kappa shape index (κ1) is 15.2. The molecule has 1 aliphatic rings. The summed E-state index contributed by atoms with van der Waals surface area (Å²) in [5.74, 6) is 1.41. The van der Waals surface area contributed by atoms with Crippen LogP contribution in [0.4, 0.5) is 0 Å². The number of hydrogen-bond donors (Lipinski definition) is 1. The molecule has 0 aliphatic carbocycles. The number of fused-ring (bicyclic) bond motifs is 1. The molecular formula is C18H22N2OS. The van der Waals surface area contributed by atoms with Gasteiger partial charge in [-0.2, -0.15) is 0 Å². The maximum Gasteiger partial charge on any atom is 0.123 e. The Labute approximate surface area is 136 Å². The Morgan fingerprint density at radius 2 is 2.05 bits per heavy atom. The number of nitrogens with zero attached hydrogens (tertiary/aromatic N) is 1. The number of hydrogen-bond acceptors (Lipinski definition) is 4. The molecule has 1 aliphatic heterocycles. The van der Waals surface area contributed by atoms with Gasteiger partial charge in [0, 0.05) is 16.6 Å². The van der Waals surface area contributed by atoms with E-state index in [1.165, 1.54) is 16.6 Å². The smallest absolute Gasteiger partial charge is 0.123 e. The summed E-state index contributed by atoms with van der Waals surface area (Å²) >= 11 is 1.80. The van der Waals surface area contributed by atoms with E-state index in [1.54, 1.807) is 18.9 Å². The summed E-state index contributed by atoms with van der Waals surface area (Å²) in [6.07, 6.45) is 0. The molecular weight excluding hydrogens is 292 g/mol. The van der Waals surface area contributed by atoms with Crippen molar-refractivity contribution >= 4 is 22.7 Å². The van der Waals surface area contributed by atoms with Gasteiger partial charge in [-0.05, 0) is 48.9 Å². The summed E-state index contributed by atoms with van der Waals surface area (Å²) in [5.41, 5.74) is 5.76. The van der Waals surface area contributed by atoms with Gasteiger partial charge < -0.3 is 10.1 Å². The summed E-state index contributed by atoms with van der Waals surface area (Å²) < 4.78 is 5.44. The Balaban J connectivity index is 2.04. The molecule has 0 amide bonds. The minimum absolute atomic E-state index is 0.200. The lowest BCUT2D eigenvalue weighted by molar-refractivity contribution is 0.412.